The van der Waals surface area contributed by atoms with E-state index in [1.807, 2.05) is 6.92 Å². The molecule has 1 rings (SSSR count). The van der Waals surface area contributed by atoms with Gasteiger partial charge in [-0.15, -0.1) is 0 Å². The monoisotopic (exact) mass is 243 g/mol. The predicted octanol–water partition coefficient (Wildman–Crippen LogP) is 2.34. The van der Waals surface area contributed by atoms with Crippen LogP contribution in [-0.4, -0.2) is 21.9 Å². The highest BCUT2D eigenvalue weighted by atomic mass is 32.2. The van der Waals surface area contributed by atoms with E-state index in [4.69, 9.17) is 10.3 Å². The van der Waals surface area contributed by atoms with Gasteiger partial charge in [0.15, 0.2) is 5.82 Å². The number of nitrogens with two attached hydrogens (primary N) is 1. The molecule has 1 aromatic heterocycles. The average molecular weight is 243 g/mol. The molecule has 0 aromatic carbocycles. The molecule has 0 saturated carbocycles. The quantitative estimate of drug-likeness (QED) is 0.804. The highest BCUT2D eigenvalue weighted by molar-refractivity contribution is 7.98. The third kappa shape index (κ3) is 4.53. The SMILES string of the molecule is CC(N)CCSCc1noc(C(C)(C)C)n1. The van der Waals surface area contributed by atoms with Gasteiger partial charge in [0.05, 0.1) is 5.75 Å². The molecular weight excluding hydrogens is 222 g/mol. The first-order valence-electron chi connectivity index (χ1n) is 5.56. The zero-order valence-corrected chi connectivity index (χ0v) is 11.3. The first-order chi connectivity index (χ1) is 7.39. The zero-order valence-electron chi connectivity index (χ0n) is 10.5. The second-order valence-corrected chi connectivity index (χ2v) is 6.19. The molecule has 0 amide bonds. The Morgan fingerprint density at radius 3 is 2.62 bits per heavy atom. The van der Waals surface area contributed by atoms with Gasteiger partial charge in [-0.05, 0) is 19.1 Å². The predicted molar refractivity (Wildman–Crippen MR) is 67.4 cm³/mol. The standard InChI is InChI=1S/C11H21N3OS/c1-8(12)5-6-16-7-9-13-10(15-14-9)11(2,3)4/h8H,5-7,12H2,1-4H3. The Balaban J connectivity index is 2.36. The van der Waals surface area contributed by atoms with E-state index in [0.717, 1.165) is 23.8 Å². The van der Waals surface area contributed by atoms with Crippen molar-refractivity contribution in [2.45, 2.75) is 51.3 Å². The number of hydrogen-bond donors (Lipinski definition) is 1. The molecule has 0 radical (unpaired) electrons. The van der Waals surface area contributed by atoms with Crippen LogP contribution in [0.4, 0.5) is 0 Å². The summed E-state index contributed by atoms with van der Waals surface area (Å²) in [6, 6.07) is 0.267. The van der Waals surface area contributed by atoms with Crippen molar-refractivity contribution in [1.82, 2.24) is 10.1 Å². The fourth-order valence-corrected chi connectivity index (χ4v) is 2.03. The highest BCUT2D eigenvalue weighted by Gasteiger charge is 2.21. The summed E-state index contributed by atoms with van der Waals surface area (Å²) >= 11 is 1.79. The lowest BCUT2D eigenvalue weighted by molar-refractivity contribution is 0.319. The smallest absolute Gasteiger partial charge is 0.232 e. The van der Waals surface area contributed by atoms with E-state index in [1.54, 1.807) is 11.8 Å². The van der Waals surface area contributed by atoms with Crippen molar-refractivity contribution in [3.63, 3.8) is 0 Å². The molecule has 0 spiro atoms. The molecule has 2 N–H and O–H groups in total. The van der Waals surface area contributed by atoms with Crippen LogP contribution in [0.5, 0.6) is 0 Å². The second-order valence-electron chi connectivity index (χ2n) is 5.08. The van der Waals surface area contributed by atoms with Crippen molar-refractivity contribution in [2.75, 3.05) is 5.75 Å². The number of hydrogen-bond acceptors (Lipinski definition) is 5. The Morgan fingerprint density at radius 1 is 1.44 bits per heavy atom. The van der Waals surface area contributed by atoms with Gasteiger partial charge in [-0.25, -0.2) is 0 Å². The lowest BCUT2D eigenvalue weighted by Crippen LogP contribution is -2.15. The minimum Gasteiger partial charge on any atom is -0.339 e. The molecule has 92 valence electrons. The van der Waals surface area contributed by atoms with Crippen LogP contribution in [0.25, 0.3) is 0 Å². The van der Waals surface area contributed by atoms with Crippen LogP contribution in [0.2, 0.25) is 0 Å². The normalized spacial score (nSPS) is 14.1. The molecule has 4 nitrogen and oxygen atoms in total. The Morgan fingerprint density at radius 2 is 2.12 bits per heavy atom. The fourth-order valence-electron chi connectivity index (χ4n) is 1.05. The first-order valence-corrected chi connectivity index (χ1v) is 6.71. The van der Waals surface area contributed by atoms with E-state index in [9.17, 15) is 0 Å². The minimum atomic E-state index is -0.0678. The van der Waals surface area contributed by atoms with E-state index in [-0.39, 0.29) is 11.5 Å². The zero-order chi connectivity index (χ0) is 12.2. The Bertz CT molecular complexity index is 317. The van der Waals surface area contributed by atoms with Gasteiger partial charge in [0.2, 0.25) is 5.89 Å². The lowest BCUT2D eigenvalue weighted by atomic mass is 9.97. The molecule has 1 unspecified atom stereocenters. The summed E-state index contributed by atoms with van der Waals surface area (Å²) in [6.45, 7) is 8.21. The van der Waals surface area contributed by atoms with Crippen molar-refractivity contribution in [1.29, 1.82) is 0 Å². The molecule has 0 saturated heterocycles. The number of rotatable bonds is 5. The topological polar surface area (TPSA) is 64.9 Å². The summed E-state index contributed by atoms with van der Waals surface area (Å²) in [5.74, 6) is 3.32. The van der Waals surface area contributed by atoms with Gasteiger partial charge in [-0.1, -0.05) is 25.9 Å². The molecule has 1 heterocycles. The van der Waals surface area contributed by atoms with Crippen LogP contribution in [0, 0.1) is 0 Å². The van der Waals surface area contributed by atoms with E-state index >= 15 is 0 Å². The molecule has 5 heteroatoms. The van der Waals surface area contributed by atoms with E-state index in [1.165, 1.54) is 0 Å². The molecule has 0 aliphatic rings. The lowest BCUT2D eigenvalue weighted by Gasteiger charge is -2.10. The van der Waals surface area contributed by atoms with Gasteiger partial charge < -0.3 is 10.3 Å². The van der Waals surface area contributed by atoms with Crippen molar-refractivity contribution in [3.8, 4) is 0 Å². The summed E-state index contributed by atoms with van der Waals surface area (Å²) in [6.07, 6.45) is 1.02. The molecule has 0 aliphatic carbocycles. The number of aromatic nitrogens is 2. The summed E-state index contributed by atoms with van der Waals surface area (Å²) < 4.78 is 5.21. The van der Waals surface area contributed by atoms with Crippen molar-refractivity contribution >= 4 is 11.8 Å². The number of nitrogens with zero attached hydrogens (tertiary/aromatic N) is 2. The fraction of sp³-hybridized carbons (Fsp3) is 0.818. The third-order valence-electron chi connectivity index (χ3n) is 2.06. The van der Waals surface area contributed by atoms with Crippen molar-refractivity contribution in [3.05, 3.63) is 11.7 Å². The van der Waals surface area contributed by atoms with Gasteiger partial charge in [-0.2, -0.15) is 16.7 Å². The van der Waals surface area contributed by atoms with E-state index in [2.05, 4.69) is 30.9 Å². The Hall–Kier alpha value is -0.550. The Labute approximate surface area is 101 Å². The van der Waals surface area contributed by atoms with E-state index < -0.39 is 0 Å². The summed E-state index contributed by atoms with van der Waals surface area (Å²) in [7, 11) is 0. The van der Waals surface area contributed by atoms with E-state index in [0.29, 0.717) is 5.89 Å². The molecular formula is C11H21N3OS. The molecule has 16 heavy (non-hydrogen) atoms. The van der Waals surface area contributed by atoms with Crippen molar-refractivity contribution in [2.24, 2.45) is 5.73 Å². The van der Waals surface area contributed by atoms with Gasteiger partial charge >= 0.3 is 0 Å². The summed E-state index contributed by atoms with van der Waals surface area (Å²) in [5.41, 5.74) is 5.60. The molecule has 1 aromatic rings. The van der Waals surface area contributed by atoms with Gasteiger partial charge in [0.1, 0.15) is 0 Å². The van der Waals surface area contributed by atoms with Crippen molar-refractivity contribution < 1.29 is 4.52 Å². The van der Waals surface area contributed by atoms with Crippen LogP contribution in [0.15, 0.2) is 4.52 Å². The maximum absolute atomic E-state index is 5.67. The number of thioether (sulfide) groups is 1. The third-order valence-corrected chi connectivity index (χ3v) is 3.05. The first kappa shape index (κ1) is 13.5. The van der Waals surface area contributed by atoms with Gasteiger partial charge in [0.25, 0.3) is 0 Å². The van der Waals surface area contributed by atoms with Gasteiger partial charge in [-0.3, -0.25) is 0 Å². The average Bonchev–Trinajstić information content (AvgIpc) is 2.59. The Kier molecular flexibility index (Phi) is 4.80. The van der Waals surface area contributed by atoms with Gasteiger partial charge in [0, 0.05) is 11.5 Å². The minimum absolute atomic E-state index is 0.0678. The summed E-state index contributed by atoms with van der Waals surface area (Å²) in [5, 5.41) is 3.96. The highest BCUT2D eigenvalue weighted by Crippen LogP contribution is 2.21. The molecule has 0 bridgehead atoms. The van der Waals surface area contributed by atoms with Crippen LogP contribution >= 0.6 is 11.8 Å². The van der Waals surface area contributed by atoms with Crippen LogP contribution in [-0.2, 0) is 11.2 Å². The maximum atomic E-state index is 5.67. The molecule has 1 atom stereocenters. The van der Waals surface area contributed by atoms with Crippen LogP contribution < -0.4 is 5.73 Å². The summed E-state index contributed by atoms with van der Waals surface area (Å²) in [4.78, 5) is 4.37. The largest absolute Gasteiger partial charge is 0.339 e. The second kappa shape index (κ2) is 5.68. The van der Waals surface area contributed by atoms with Crippen LogP contribution in [0.1, 0.15) is 45.8 Å². The molecule has 0 aliphatic heterocycles. The maximum Gasteiger partial charge on any atom is 0.232 e. The molecule has 0 fully saturated rings. The van der Waals surface area contributed by atoms with Crippen LogP contribution in [0.3, 0.4) is 0 Å².